The summed E-state index contributed by atoms with van der Waals surface area (Å²) in [5, 5.41) is 2.83. The summed E-state index contributed by atoms with van der Waals surface area (Å²) in [4.78, 5) is 27.9. The lowest BCUT2D eigenvalue weighted by molar-refractivity contribution is -0.116. The van der Waals surface area contributed by atoms with Gasteiger partial charge in [-0.15, -0.1) is 0 Å². The van der Waals surface area contributed by atoms with Gasteiger partial charge < -0.3 is 10.2 Å². The Bertz CT molecular complexity index is 738. The summed E-state index contributed by atoms with van der Waals surface area (Å²) >= 11 is 0. The number of carbonyl (C=O) groups is 2. The van der Waals surface area contributed by atoms with Crippen LogP contribution in [-0.4, -0.2) is 36.5 Å². The van der Waals surface area contributed by atoms with Gasteiger partial charge in [0.25, 0.3) is 0 Å². The van der Waals surface area contributed by atoms with Gasteiger partial charge >= 0.3 is 6.03 Å². The maximum atomic E-state index is 12.5. The molecule has 0 unspecified atom stereocenters. The second kappa shape index (κ2) is 6.74. The highest BCUT2D eigenvalue weighted by molar-refractivity contribution is 5.99. The van der Waals surface area contributed by atoms with Gasteiger partial charge in [0, 0.05) is 24.5 Å². The van der Waals surface area contributed by atoms with Crippen LogP contribution in [0.25, 0.3) is 0 Å². The highest BCUT2D eigenvalue weighted by Crippen LogP contribution is 2.20. The number of urea groups is 1. The van der Waals surface area contributed by atoms with E-state index in [2.05, 4.69) is 5.32 Å². The molecule has 0 spiro atoms. The summed E-state index contributed by atoms with van der Waals surface area (Å²) in [6.07, 6.45) is 0. The van der Waals surface area contributed by atoms with E-state index in [4.69, 9.17) is 0 Å². The van der Waals surface area contributed by atoms with E-state index in [1.54, 1.807) is 9.80 Å². The van der Waals surface area contributed by atoms with E-state index >= 15 is 0 Å². The van der Waals surface area contributed by atoms with Gasteiger partial charge in [0.1, 0.15) is 6.54 Å². The first-order chi connectivity index (χ1) is 11.5. The molecule has 1 fully saturated rings. The van der Waals surface area contributed by atoms with Crippen LogP contribution < -0.4 is 10.2 Å². The van der Waals surface area contributed by atoms with Crippen LogP contribution in [0.15, 0.2) is 48.5 Å². The summed E-state index contributed by atoms with van der Waals surface area (Å²) < 4.78 is 0. The second-order valence-electron chi connectivity index (χ2n) is 6.11. The third kappa shape index (κ3) is 3.56. The first kappa shape index (κ1) is 16.1. The normalized spacial score (nSPS) is 14.2. The highest BCUT2D eigenvalue weighted by Gasteiger charge is 2.30. The van der Waals surface area contributed by atoms with Crippen molar-refractivity contribution in [1.29, 1.82) is 0 Å². The van der Waals surface area contributed by atoms with Crippen LogP contribution in [0.2, 0.25) is 0 Å². The topological polar surface area (TPSA) is 52.7 Å². The van der Waals surface area contributed by atoms with Crippen molar-refractivity contribution in [2.24, 2.45) is 0 Å². The Hall–Kier alpha value is -2.82. The predicted octanol–water partition coefficient (Wildman–Crippen LogP) is 3.18. The third-order valence-corrected chi connectivity index (χ3v) is 4.11. The molecule has 24 heavy (non-hydrogen) atoms. The number of amides is 3. The quantitative estimate of drug-likeness (QED) is 0.939. The van der Waals surface area contributed by atoms with Gasteiger partial charge in [-0.25, -0.2) is 4.79 Å². The van der Waals surface area contributed by atoms with E-state index in [-0.39, 0.29) is 18.5 Å². The molecule has 0 aliphatic carbocycles. The molecule has 0 aromatic heterocycles. The van der Waals surface area contributed by atoms with Crippen LogP contribution in [0.3, 0.4) is 0 Å². The number of nitrogens with zero attached hydrogens (tertiary/aromatic N) is 2. The number of aryl methyl sites for hydroxylation is 2. The largest absolute Gasteiger partial charge is 0.325 e. The summed E-state index contributed by atoms with van der Waals surface area (Å²) in [6.45, 7) is 5.22. The molecule has 3 rings (SSSR count). The van der Waals surface area contributed by atoms with Crippen LogP contribution in [0.4, 0.5) is 16.2 Å². The maximum Gasteiger partial charge on any atom is 0.325 e. The highest BCUT2D eigenvalue weighted by atomic mass is 16.2. The lowest BCUT2D eigenvalue weighted by Gasteiger charge is -2.18. The first-order valence-corrected chi connectivity index (χ1v) is 8.02. The molecule has 0 bridgehead atoms. The molecular weight excluding hydrogens is 302 g/mol. The molecule has 1 aliphatic rings. The minimum absolute atomic E-state index is 0.0646. The fourth-order valence-corrected chi connectivity index (χ4v) is 2.70. The minimum Gasteiger partial charge on any atom is -0.325 e. The fraction of sp³-hybridized carbons (Fsp3) is 0.263. The monoisotopic (exact) mass is 323 g/mol. The molecule has 2 aromatic rings. The third-order valence-electron chi connectivity index (χ3n) is 4.11. The van der Waals surface area contributed by atoms with Gasteiger partial charge in [0.2, 0.25) is 5.91 Å². The summed E-state index contributed by atoms with van der Waals surface area (Å²) in [5.74, 6) is -0.182. The van der Waals surface area contributed by atoms with E-state index in [9.17, 15) is 9.59 Å². The average Bonchev–Trinajstić information content (AvgIpc) is 2.91. The van der Waals surface area contributed by atoms with Crippen molar-refractivity contribution in [2.45, 2.75) is 13.8 Å². The maximum absolute atomic E-state index is 12.5. The van der Waals surface area contributed by atoms with Crippen molar-refractivity contribution in [3.05, 3.63) is 59.7 Å². The smallest absolute Gasteiger partial charge is 0.325 e. The second-order valence-corrected chi connectivity index (χ2v) is 6.11. The number of hydrogen-bond acceptors (Lipinski definition) is 2. The van der Waals surface area contributed by atoms with Crippen LogP contribution in [0, 0.1) is 13.8 Å². The van der Waals surface area contributed by atoms with E-state index in [0.29, 0.717) is 13.1 Å². The zero-order chi connectivity index (χ0) is 17.1. The van der Waals surface area contributed by atoms with E-state index in [1.165, 1.54) is 0 Å². The molecular formula is C19H21N3O2. The first-order valence-electron chi connectivity index (χ1n) is 8.02. The number of hydrogen-bond donors (Lipinski definition) is 1. The number of benzene rings is 2. The Balaban J connectivity index is 1.60. The molecule has 3 amide bonds. The van der Waals surface area contributed by atoms with Crippen molar-refractivity contribution < 1.29 is 9.59 Å². The molecule has 0 radical (unpaired) electrons. The van der Waals surface area contributed by atoms with Crippen LogP contribution in [0.1, 0.15) is 11.1 Å². The van der Waals surface area contributed by atoms with Crippen molar-refractivity contribution in [1.82, 2.24) is 4.90 Å². The zero-order valence-electron chi connectivity index (χ0n) is 14.0. The zero-order valence-corrected chi connectivity index (χ0v) is 14.0. The minimum atomic E-state index is -0.182. The van der Waals surface area contributed by atoms with Crippen molar-refractivity contribution in [3.8, 4) is 0 Å². The lowest BCUT2D eigenvalue weighted by atomic mass is 10.2. The van der Waals surface area contributed by atoms with Gasteiger partial charge in [0.15, 0.2) is 0 Å². The van der Waals surface area contributed by atoms with Gasteiger partial charge in [-0.1, -0.05) is 35.4 Å². The van der Waals surface area contributed by atoms with Gasteiger partial charge in [0.05, 0.1) is 0 Å². The van der Waals surface area contributed by atoms with Crippen molar-refractivity contribution in [2.75, 3.05) is 29.9 Å². The molecule has 0 saturated carbocycles. The number of carbonyl (C=O) groups excluding carboxylic acids is 2. The number of nitrogens with one attached hydrogen (secondary N) is 1. The standard InChI is InChI=1S/C19H21N3O2/c1-14-3-7-16(8-4-14)20-18(23)13-21-11-12-22(19(21)24)17-9-5-15(2)6-10-17/h3-10H,11-13H2,1-2H3,(H,20,23). The molecule has 1 heterocycles. The molecule has 0 atom stereocenters. The fourth-order valence-electron chi connectivity index (χ4n) is 2.70. The summed E-state index contributed by atoms with van der Waals surface area (Å²) in [5.41, 5.74) is 3.90. The van der Waals surface area contributed by atoms with Crippen molar-refractivity contribution >= 4 is 23.3 Å². The summed E-state index contributed by atoms with van der Waals surface area (Å²) in [6, 6.07) is 15.3. The van der Waals surface area contributed by atoms with E-state index in [0.717, 1.165) is 22.5 Å². The van der Waals surface area contributed by atoms with Gasteiger partial charge in [-0.2, -0.15) is 0 Å². The summed E-state index contributed by atoms with van der Waals surface area (Å²) in [7, 11) is 0. The average molecular weight is 323 g/mol. The molecule has 2 aromatic carbocycles. The van der Waals surface area contributed by atoms with E-state index < -0.39 is 0 Å². The number of anilines is 2. The van der Waals surface area contributed by atoms with Crippen LogP contribution in [0.5, 0.6) is 0 Å². The predicted molar refractivity (Wildman–Crippen MR) is 95.3 cm³/mol. The SMILES string of the molecule is Cc1ccc(NC(=O)CN2CCN(c3ccc(C)cc3)C2=O)cc1. The molecule has 124 valence electrons. The molecule has 1 N–H and O–H groups in total. The number of rotatable bonds is 4. The van der Waals surface area contributed by atoms with E-state index in [1.807, 2.05) is 62.4 Å². The molecule has 1 saturated heterocycles. The molecule has 1 aliphatic heterocycles. The molecule has 5 heteroatoms. The Morgan fingerprint density at radius 2 is 1.54 bits per heavy atom. The Morgan fingerprint density at radius 3 is 2.17 bits per heavy atom. The van der Waals surface area contributed by atoms with Crippen LogP contribution >= 0.6 is 0 Å². The lowest BCUT2D eigenvalue weighted by Crippen LogP contribution is -2.37. The van der Waals surface area contributed by atoms with Crippen molar-refractivity contribution in [3.63, 3.8) is 0 Å². The molecule has 5 nitrogen and oxygen atoms in total. The van der Waals surface area contributed by atoms with Gasteiger partial charge in [-0.3, -0.25) is 9.69 Å². The Morgan fingerprint density at radius 1 is 0.958 bits per heavy atom. The Kier molecular flexibility index (Phi) is 4.51. The van der Waals surface area contributed by atoms with Gasteiger partial charge in [-0.05, 0) is 38.1 Å². The van der Waals surface area contributed by atoms with Crippen LogP contribution in [-0.2, 0) is 4.79 Å². The Labute approximate surface area is 141 Å².